The van der Waals surface area contributed by atoms with Crippen molar-refractivity contribution in [3.63, 3.8) is 0 Å². The number of hydrogen-bond acceptors (Lipinski definition) is 3. The molecule has 0 aromatic carbocycles. The smallest absolute Gasteiger partial charge is 0.151 e. The standard InChI is InChI=1S/C8H10ClNO2S/c1-6-3-4-10-8(9)7(6)5-13(2,11)12/h3-4H,5H2,1-2H3. The van der Waals surface area contributed by atoms with Crippen LogP contribution in [0.5, 0.6) is 0 Å². The topological polar surface area (TPSA) is 47.0 Å². The molecule has 3 nitrogen and oxygen atoms in total. The Hall–Kier alpha value is -0.610. The van der Waals surface area contributed by atoms with Gasteiger partial charge in [0.05, 0.1) is 5.75 Å². The number of aryl methyl sites for hydroxylation is 1. The molecule has 5 heteroatoms. The second kappa shape index (κ2) is 3.64. The third-order valence-electron chi connectivity index (χ3n) is 1.64. The summed E-state index contributed by atoms with van der Waals surface area (Å²) in [5.41, 5.74) is 1.44. The van der Waals surface area contributed by atoms with Crippen LogP contribution in [0, 0.1) is 6.92 Å². The third-order valence-corrected chi connectivity index (χ3v) is 2.78. The van der Waals surface area contributed by atoms with Gasteiger partial charge in [-0.25, -0.2) is 13.4 Å². The molecule has 72 valence electrons. The van der Waals surface area contributed by atoms with Crippen molar-refractivity contribution in [2.24, 2.45) is 0 Å². The van der Waals surface area contributed by atoms with E-state index in [9.17, 15) is 8.42 Å². The minimum absolute atomic E-state index is 0.0501. The lowest BCUT2D eigenvalue weighted by Gasteiger charge is -2.04. The van der Waals surface area contributed by atoms with Gasteiger partial charge in [-0.05, 0) is 18.6 Å². The molecule has 0 aliphatic carbocycles. The van der Waals surface area contributed by atoms with Crippen LogP contribution in [-0.4, -0.2) is 19.7 Å². The van der Waals surface area contributed by atoms with E-state index >= 15 is 0 Å². The number of pyridine rings is 1. The highest BCUT2D eigenvalue weighted by Gasteiger charge is 2.11. The first-order valence-electron chi connectivity index (χ1n) is 3.68. The first-order chi connectivity index (χ1) is 5.90. The Kier molecular flexibility index (Phi) is 2.93. The second-order valence-corrected chi connectivity index (χ2v) is 5.47. The summed E-state index contributed by atoms with van der Waals surface area (Å²) < 4.78 is 22.0. The number of halogens is 1. The summed E-state index contributed by atoms with van der Waals surface area (Å²) in [6, 6.07) is 1.74. The van der Waals surface area contributed by atoms with Crippen molar-refractivity contribution < 1.29 is 8.42 Å². The summed E-state index contributed by atoms with van der Waals surface area (Å²) in [5.74, 6) is -0.0501. The zero-order chi connectivity index (χ0) is 10.1. The van der Waals surface area contributed by atoms with Crippen LogP contribution in [0.25, 0.3) is 0 Å². The molecule has 1 rings (SSSR count). The molecule has 0 fully saturated rings. The van der Waals surface area contributed by atoms with Crippen LogP contribution in [0.3, 0.4) is 0 Å². The highest BCUT2D eigenvalue weighted by atomic mass is 35.5. The van der Waals surface area contributed by atoms with Crippen molar-refractivity contribution in [2.75, 3.05) is 6.26 Å². The van der Waals surface area contributed by atoms with Crippen molar-refractivity contribution in [1.82, 2.24) is 4.98 Å². The van der Waals surface area contributed by atoms with Gasteiger partial charge in [0.15, 0.2) is 9.84 Å². The van der Waals surface area contributed by atoms with E-state index in [0.29, 0.717) is 5.56 Å². The van der Waals surface area contributed by atoms with Gasteiger partial charge in [-0.1, -0.05) is 11.6 Å². The second-order valence-electron chi connectivity index (χ2n) is 2.97. The summed E-state index contributed by atoms with van der Waals surface area (Å²) in [5, 5.41) is 0.269. The molecule has 0 saturated heterocycles. The molecule has 0 radical (unpaired) electrons. The molecule has 0 aliphatic rings. The van der Waals surface area contributed by atoms with Crippen LogP contribution < -0.4 is 0 Å². The molecular weight excluding hydrogens is 210 g/mol. The molecular formula is C8H10ClNO2S. The Morgan fingerprint density at radius 2 is 2.15 bits per heavy atom. The quantitative estimate of drug-likeness (QED) is 0.710. The van der Waals surface area contributed by atoms with Crippen molar-refractivity contribution in [3.05, 3.63) is 28.5 Å². The highest BCUT2D eigenvalue weighted by molar-refractivity contribution is 7.89. The Morgan fingerprint density at radius 1 is 1.54 bits per heavy atom. The van der Waals surface area contributed by atoms with Crippen LogP contribution in [0.2, 0.25) is 5.15 Å². The average molecular weight is 220 g/mol. The summed E-state index contributed by atoms with van der Waals surface area (Å²) in [6.07, 6.45) is 2.74. The maximum Gasteiger partial charge on any atom is 0.151 e. The minimum atomic E-state index is -3.05. The van der Waals surface area contributed by atoms with Gasteiger partial charge in [0.2, 0.25) is 0 Å². The number of sulfone groups is 1. The number of aromatic nitrogens is 1. The monoisotopic (exact) mass is 219 g/mol. The van der Waals surface area contributed by atoms with Crippen molar-refractivity contribution in [1.29, 1.82) is 0 Å². The molecule has 0 saturated carbocycles. The zero-order valence-corrected chi connectivity index (χ0v) is 8.98. The fourth-order valence-corrected chi connectivity index (χ4v) is 2.23. The molecule has 0 unspecified atom stereocenters. The van der Waals surface area contributed by atoms with Gasteiger partial charge < -0.3 is 0 Å². The normalized spacial score (nSPS) is 11.6. The molecule has 0 bridgehead atoms. The van der Waals surface area contributed by atoms with E-state index in [4.69, 9.17) is 11.6 Å². The van der Waals surface area contributed by atoms with E-state index < -0.39 is 9.84 Å². The van der Waals surface area contributed by atoms with E-state index in [1.807, 2.05) is 6.92 Å². The van der Waals surface area contributed by atoms with Gasteiger partial charge in [-0.15, -0.1) is 0 Å². The fraction of sp³-hybridized carbons (Fsp3) is 0.375. The lowest BCUT2D eigenvalue weighted by Crippen LogP contribution is -2.03. The summed E-state index contributed by atoms with van der Waals surface area (Å²) >= 11 is 5.76. The number of hydrogen-bond donors (Lipinski definition) is 0. The highest BCUT2D eigenvalue weighted by Crippen LogP contribution is 2.18. The Balaban J connectivity index is 3.15. The van der Waals surface area contributed by atoms with E-state index in [-0.39, 0.29) is 10.9 Å². The maximum atomic E-state index is 11.0. The van der Waals surface area contributed by atoms with Crippen molar-refractivity contribution >= 4 is 21.4 Å². The van der Waals surface area contributed by atoms with Gasteiger partial charge in [0.25, 0.3) is 0 Å². The lowest BCUT2D eigenvalue weighted by atomic mass is 10.2. The summed E-state index contributed by atoms with van der Waals surface area (Å²) in [6.45, 7) is 1.81. The number of rotatable bonds is 2. The Labute approximate surface area is 82.7 Å². The van der Waals surface area contributed by atoms with Crippen LogP contribution in [0.4, 0.5) is 0 Å². The zero-order valence-electron chi connectivity index (χ0n) is 7.41. The molecule has 0 aliphatic heterocycles. The number of nitrogens with zero attached hydrogens (tertiary/aromatic N) is 1. The lowest BCUT2D eigenvalue weighted by molar-refractivity contribution is 0.601. The van der Waals surface area contributed by atoms with E-state index in [1.165, 1.54) is 6.26 Å². The van der Waals surface area contributed by atoms with Gasteiger partial charge in [-0.2, -0.15) is 0 Å². The first kappa shape index (κ1) is 10.5. The molecule has 1 heterocycles. The molecule has 13 heavy (non-hydrogen) atoms. The van der Waals surface area contributed by atoms with E-state index in [2.05, 4.69) is 4.98 Å². The minimum Gasteiger partial charge on any atom is -0.244 e. The van der Waals surface area contributed by atoms with Gasteiger partial charge in [0, 0.05) is 18.0 Å². The van der Waals surface area contributed by atoms with Gasteiger partial charge in [-0.3, -0.25) is 0 Å². The molecule has 0 amide bonds. The van der Waals surface area contributed by atoms with E-state index in [0.717, 1.165) is 5.56 Å². The average Bonchev–Trinajstić information content (AvgIpc) is 1.95. The first-order valence-corrected chi connectivity index (χ1v) is 6.12. The Bertz CT molecular complexity index is 394. The van der Waals surface area contributed by atoms with Crippen molar-refractivity contribution in [3.8, 4) is 0 Å². The van der Waals surface area contributed by atoms with Crippen LogP contribution in [0.15, 0.2) is 12.3 Å². The van der Waals surface area contributed by atoms with Gasteiger partial charge >= 0.3 is 0 Å². The van der Waals surface area contributed by atoms with Crippen LogP contribution in [0.1, 0.15) is 11.1 Å². The van der Waals surface area contributed by atoms with E-state index in [1.54, 1.807) is 12.3 Å². The molecule has 0 spiro atoms. The maximum absolute atomic E-state index is 11.0. The predicted molar refractivity (Wildman–Crippen MR) is 52.5 cm³/mol. The predicted octanol–water partition coefficient (Wildman–Crippen LogP) is 1.59. The summed E-state index contributed by atoms with van der Waals surface area (Å²) in [7, 11) is -3.05. The van der Waals surface area contributed by atoms with Gasteiger partial charge in [0.1, 0.15) is 5.15 Å². The Morgan fingerprint density at radius 3 is 2.62 bits per heavy atom. The van der Waals surface area contributed by atoms with Crippen LogP contribution >= 0.6 is 11.6 Å². The molecule has 1 aromatic rings. The molecule has 0 N–H and O–H groups in total. The molecule has 0 atom stereocenters. The van der Waals surface area contributed by atoms with Crippen LogP contribution in [-0.2, 0) is 15.6 Å². The SMILES string of the molecule is Cc1ccnc(Cl)c1CS(C)(=O)=O. The van der Waals surface area contributed by atoms with Crippen molar-refractivity contribution in [2.45, 2.75) is 12.7 Å². The summed E-state index contributed by atoms with van der Waals surface area (Å²) in [4.78, 5) is 3.83. The fourth-order valence-electron chi connectivity index (χ4n) is 0.991. The largest absolute Gasteiger partial charge is 0.244 e. The third kappa shape index (κ3) is 2.97. The molecule has 1 aromatic heterocycles.